The average Bonchev–Trinajstić information content (AvgIpc) is 3.48. The first-order valence-corrected chi connectivity index (χ1v) is 24.6. The fourth-order valence-corrected chi connectivity index (χ4v) is 10.1. The van der Waals surface area contributed by atoms with Crippen LogP contribution in [0.2, 0.25) is 0 Å². The third-order valence-corrected chi connectivity index (χ3v) is 13.5. The van der Waals surface area contributed by atoms with Crippen molar-refractivity contribution in [2.75, 3.05) is 0 Å². The molecule has 3 heteroatoms. The molecule has 72 heavy (non-hydrogen) atoms. The van der Waals surface area contributed by atoms with E-state index >= 15 is 0 Å². The highest BCUT2D eigenvalue weighted by molar-refractivity contribution is 6.24. The lowest BCUT2D eigenvalue weighted by atomic mass is 9.76. The predicted octanol–water partition coefficient (Wildman–Crippen LogP) is 17.3. The van der Waals surface area contributed by atoms with Crippen molar-refractivity contribution in [3.63, 3.8) is 0 Å². The second-order valence-electron chi connectivity index (χ2n) is 18.1. The number of aromatic nitrogens is 2. The number of hydrogen-bond acceptors (Lipinski definition) is 3. The summed E-state index contributed by atoms with van der Waals surface area (Å²) in [6.45, 7) is 0. The first-order valence-electron chi connectivity index (χ1n) is 24.6. The first kappa shape index (κ1) is 43.8. The number of nitrogens with zero attached hydrogens (tertiary/aromatic N) is 2. The van der Waals surface area contributed by atoms with Crippen molar-refractivity contribution in [2.45, 2.75) is 6.04 Å². The number of rotatable bonds is 11. The molecular formula is C69H49N3. The van der Waals surface area contributed by atoms with E-state index in [0.29, 0.717) is 5.82 Å². The molecule has 1 N–H and O–H groups in total. The Labute approximate surface area is 421 Å². The van der Waals surface area contributed by atoms with Crippen LogP contribution in [0.5, 0.6) is 0 Å². The maximum atomic E-state index is 5.42. The van der Waals surface area contributed by atoms with Gasteiger partial charge in [-0.2, -0.15) is 0 Å². The molecule has 0 fully saturated rings. The Kier molecular flexibility index (Phi) is 12.1. The van der Waals surface area contributed by atoms with Crippen LogP contribution in [-0.4, -0.2) is 9.97 Å². The van der Waals surface area contributed by atoms with Gasteiger partial charge in [-0.15, -0.1) is 0 Å². The van der Waals surface area contributed by atoms with Crippen LogP contribution < -0.4 is 5.32 Å². The summed E-state index contributed by atoms with van der Waals surface area (Å²) < 4.78 is 0. The Morgan fingerprint density at radius 3 is 1.17 bits per heavy atom. The largest absolute Gasteiger partial charge is 0.373 e. The van der Waals surface area contributed by atoms with Crippen LogP contribution in [0.4, 0.5) is 0 Å². The number of allylic oxidation sites excluding steroid dienone is 2. The highest BCUT2D eigenvalue weighted by atomic mass is 14.9. The van der Waals surface area contributed by atoms with E-state index in [0.717, 1.165) is 89.4 Å². The molecule has 0 bridgehead atoms. The van der Waals surface area contributed by atoms with Gasteiger partial charge in [0.1, 0.15) is 0 Å². The summed E-state index contributed by atoms with van der Waals surface area (Å²) >= 11 is 0. The van der Waals surface area contributed by atoms with E-state index in [1.807, 2.05) is 6.07 Å². The van der Waals surface area contributed by atoms with Gasteiger partial charge >= 0.3 is 0 Å². The van der Waals surface area contributed by atoms with Gasteiger partial charge < -0.3 is 5.32 Å². The third-order valence-electron chi connectivity index (χ3n) is 13.5. The summed E-state index contributed by atoms with van der Waals surface area (Å²) in [5.41, 5.74) is 21.9. The minimum atomic E-state index is -0.140. The van der Waals surface area contributed by atoms with Crippen LogP contribution in [-0.2, 0) is 0 Å². The topological polar surface area (TPSA) is 37.8 Å². The second-order valence-corrected chi connectivity index (χ2v) is 18.1. The second kappa shape index (κ2) is 19.9. The Morgan fingerprint density at radius 2 is 0.625 bits per heavy atom. The molecule has 1 atom stereocenters. The van der Waals surface area contributed by atoms with Crippen molar-refractivity contribution in [3.8, 4) is 67.3 Å². The van der Waals surface area contributed by atoms with E-state index in [-0.39, 0.29) is 6.04 Å². The average molecular weight is 920 g/mol. The van der Waals surface area contributed by atoms with Crippen molar-refractivity contribution in [1.29, 1.82) is 0 Å². The zero-order valence-electron chi connectivity index (χ0n) is 39.6. The quantitative estimate of drug-likeness (QED) is 0.140. The number of hydrogen-bond donors (Lipinski definition) is 1. The summed E-state index contributed by atoms with van der Waals surface area (Å²) in [4.78, 5) is 10.7. The van der Waals surface area contributed by atoms with E-state index in [2.05, 4.69) is 284 Å². The third kappa shape index (κ3) is 8.99. The standard InChI is InChI=1S/C69H49N3/c1-8-24-48(25-9-1)59-44-60(49-26-10-2-11-27-49)46-61(45-59)63-47-62(50-28-12-3-13-29-50)70-69(71-63)58-41-23-39-56(43-58)55-38-22-40-57(42-55)64-65(51-30-14-4-15-31-51)67(53-34-18-6-19-35-53)72-68(54-36-20-7-21-37-54)66(64)52-32-16-5-17-33-52/h1-47,67,72H. The molecule has 3 nitrogen and oxygen atoms in total. The van der Waals surface area contributed by atoms with Gasteiger partial charge in [-0.3, -0.25) is 0 Å². The minimum absolute atomic E-state index is 0.140. The lowest BCUT2D eigenvalue weighted by Gasteiger charge is -2.36. The number of benzene rings is 10. The van der Waals surface area contributed by atoms with Crippen LogP contribution in [0, 0.1) is 0 Å². The van der Waals surface area contributed by atoms with Crippen LogP contribution in [0.3, 0.4) is 0 Å². The molecule has 10 aromatic carbocycles. The predicted molar refractivity (Wildman–Crippen MR) is 300 cm³/mol. The van der Waals surface area contributed by atoms with Crippen LogP contribution in [0.15, 0.2) is 285 Å². The summed E-state index contributed by atoms with van der Waals surface area (Å²) in [6.07, 6.45) is 0. The molecule has 1 aromatic heterocycles. The van der Waals surface area contributed by atoms with Crippen molar-refractivity contribution in [3.05, 3.63) is 313 Å². The van der Waals surface area contributed by atoms with Gasteiger partial charge in [-0.05, 0) is 109 Å². The molecule has 1 unspecified atom stereocenters. The van der Waals surface area contributed by atoms with Gasteiger partial charge in [0.25, 0.3) is 0 Å². The highest BCUT2D eigenvalue weighted by Crippen LogP contribution is 2.50. The smallest absolute Gasteiger partial charge is 0.160 e. The van der Waals surface area contributed by atoms with E-state index in [9.17, 15) is 0 Å². The van der Waals surface area contributed by atoms with E-state index < -0.39 is 0 Å². The van der Waals surface area contributed by atoms with Crippen LogP contribution in [0.25, 0.3) is 89.7 Å². The molecule has 0 radical (unpaired) electrons. The molecule has 0 aliphatic carbocycles. The van der Waals surface area contributed by atoms with Gasteiger partial charge in [0.05, 0.1) is 23.1 Å². The molecule has 0 amide bonds. The zero-order valence-corrected chi connectivity index (χ0v) is 39.6. The Bertz CT molecular complexity index is 3660. The van der Waals surface area contributed by atoms with Gasteiger partial charge in [0.2, 0.25) is 0 Å². The van der Waals surface area contributed by atoms with Crippen molar-refractivity contribution >= 4 is 22.4 Å². The molecular weight excluding hydrogens is 871 g/mol. The fraction of sp³-hybridized carbons (Fsp3) is 0.0145. The SMILES string of the molecule is c1ccc(C2=C(c3ccccc3)C(c3cccc(-c4cccc(-c5nc(-c6ccccc6)cc(-c6cc(-c7ccccc7)cc(-c7ccccc7)c6)n5)c4)c3)=C(c3ccccc3)C(c3ccccc3)N2)cc1. The molecule has 1 aliphatic heterocycles. The number of nitrogens with one attached hydrogen (secondary N) is 1. The van der Waals surface area contributed by atoms with E-state index in [4.69, 9.17) is 9.97 Å². The van der Waals surface area contributed by atoms with Crippen molar-refractivity contribution in [2.24, 2.45) is 0 Å². The summed E-state index contributed by atoms with van der Waals surface area (Å²) in [6, 6.07) is 101. The molecule has 11 aromatic rings. The highest BCUT2D eigenvalue weighted by Gasteiger charge is 2.33. The van der Waals surface area contributed by atoms with Gasteiger partial charge in [0.15, 0.2) is 5.82 Å². The molecule has 2 heterocycles. The maximum absolute atomic E-state index is 5.42. The molecule has 340 valence electrons. The van der Waals surface area contributed by atoms with Gasteiger partial charge in [0, 0.05) is 22.3 Å². The van der Waals surface area contributed by atoms with Gasteiger partial charge in [-0.25, -0.2) is 9.97 Å². The number of dihydropyridines is 1. The summed E-state index contributed by atoms with van der Waals surface area (Å²) in [5, 5.41) is 4.12. The zero-order chi connectivity index (χ0) is 48.1. The fourth-order valence-electron chi connectivity index (χ4n) is 10.1. The monoisotopic (exact) mass is 919 g/mol. The Morgan fingerprint density at radius 1 is 0.250 bits per heavy atom. The van der Waals surface area contributed by atoms with Gasteiger partial charge in [-0.1, -0.05) is 249 Å². The molecule has 0 saturated carbocycles. The summed E-state index contributed by atoms with van der Waals surface area (Å²) in [5.74, 6) is 0.663. The van der Waals surface area contributed by atoms with Crippen LogP contribution >= 0.6 is 0 Å². The first-order chi connectivity index (χ1) is 35.7. The van der Waals surface area contributed by atoms with Crippen molar-refractivity contribution in [1.82, 2.24) is 15.3 Å². The Hall–Kier alpha value is -9.44. The molecule has 12 rings (SSSR count). The van der Waals surface area contributed by atoms with E-state index in [1.165, 1.54) is 22.3 Å². The Balaban J connectivity index is 1.03. The summed E-state index contributed by atoms with van der Waals surface area (Å²) in [7, 11) is 0. The van der Waals surface area contributed by atoms with E-state index in [1.54, 1.807) is 0 Å². The molecule has 0 saturated heterocycles. The normalized spacial score (nSPS) is 13.4. The van der Waals surface area contributed by atoms with Crippen LogP contribution in [0.1, 0.15) is 33.9 Å². The van der Waals surface area contributed by atoms with Crippen molar-refractivity contribution < 1.29 is 0 Å². The lowest BCUT2D eigenvalue weighted by Crippen LogP contribution is -2.27. The lowest BCUT2D eigenvalue weighted by molar-refractivity contribution is 0.787. The molecule has 1 aliphatic rings. The molecule has 0 spiro atoms. The minimum Gasteiger partial charge on any atom is -0.373 e. The maximum Gasteiger partial charge on any atom is 0.160 e.